The molecular formula is C17H25NO3. The third kappa shape index (κ3) is 5.58. The fraction of sp³-hybridized carbons (Fsp3) is 0.529. The van der Waals surface area contributed by atoms with Gasteiger partial charge in [-0.2, -0.15) is 0 Å². The van der Waals surface area contributed by atoms with Gasteiger partial charge < -0.3 is 10.0 Å². The maximum atomic E-state index is 12.7. The number of amides is 1. The summed E-state index contributed by atoms with van der Waals surface area (Å²) in [5, 5.41) is 8.78. The number of carboxylic acids is 1. The van der Waals surface area contributed by atoms with Crippen LogP contribution in [0.5, 0.6) is 0 Å². The third-order valence-corrected chi connectivity index (χ3v) is 3.71. The summed E-state index contributed by atoms with van der Waals surface area (Å²) >= 11 is 0. The molecule has 21 heavy (non-hydrogen) atoms. The molecule has 0 bridgehead atoms. The maximum Gasteiger partial charge on any atom is 0.305 e. The molecule has 4 nitrogen and oxygen atoms in total. The van der Waals surface area contributed by atoms with Crippen molar-refractivity contribution >= 4 is 11.9 Å². The van der Waals surface area contributed by atoms with Crippen molar-refractivity contribution in [1.82, 2.24) is 4.90 Å². The zero-order chi connectivity index (χ0) is 15.8. The van der Waals surface area contributed by atoms with E-state index in [1.165, 1.54) is 0 Å². The highest BCUT2D eigenvalue weighted by molar-refractivity contribution is 5.80. The lowest BCUT2D eigenvalue weighted by Gasteiger charge is -2.28. The highest BCUT2D eigenvalue weighted by Gasteiger charge is 2.26. The summed E-state index contributed by atoms with van der Waals surface area (Å²) in [6, 6.07) is 9.95. The predicted molar refractivity (Wildman–Crippen MR) is 83.0 cm³/mol. The molecule has 1 N–H and O–H groups in total. The summed E-state index contributed by atoms with van der Waals surface area (Å²) < 4.78 is 0. The van der Waals surface area contributed by atoms with Crippen LogP contribution in [0.3, 0.4) is 0 Å². The van der Waals surface area contributed by atoms with E-state index in [4.69, 9.17) is 5.11 Å². The fourth-order valence-electron chi connectivity index (χ4n) is 2.37. The van der Waals surface area contributed by atoms with E-state index in [-0.39, 0.29) is 30.7 Å². The van der Waals surface area contributed by atoms with Crippen LogP contribution in [0.4, 0.5) is 0 Å². The molecule has 1 aromatic rings. The van der Waals surface area contributed by atoms with Gasteiger partial charge in [0.2, 0.25) is 5.91 Å². The second-order valence-corrected chi connectivity index (χ2v) is 5.60. The summed E-state index contributed by atoms with van der Waals surface area (Å²) in [5.41, 5.74) is 1.14. The molecule has 0 aliphatic heterocycles. The molecule has 0 heterocycles. The van der Waals surface area contributed by atoms with Crippen molar-refractivity contribution in [2.45, 2.75) is 33.6 Å². The lowest BCUT2D eigenvalue weighted by Crippen LogP contribution is -2.40. The normalized spacial score (nSPS) is 12.2. The van der Waals surface area contributed by atoms with Crippen molar-refractivity contribution in [1.29, 1.82) is 0 Å². The second kappa shape index (κ2) is 8.45. The quantitative estimate of drug-likeness (QED) is 0.801. The van der Waals surface area contributed by atoms with Crippen LogP contribution in [0.1, 0.15) is 32.8 Å². The molecule has 1 atom stereocenters. The van der Waals surface area contributed by atoms with E-state index in [2.05, 4.69) is 0 Å². The van der Waals surface area contributed by atoms with E-state index in [1.807, 2.05) is 51.1 Å². The van der Waals surface area contributed by atoms with Crippen LogP contribution in [-0.4, -0.2) is 35.0 Å². The minimum atomic E-state index is -0.870. The average Bonchev–Trinajstić information content (AvgIpc) is 2.45. The van der Waals surface area contributed by atoms with Gasteiger partial charge in [-0.15, -0.1) is 0 Å². The molecule has 1 aromatic carbocycles. The first-order valence-electron chi connectivity index (χ1n) is 7.50. The molecule has 0 radical (unpaired) electrons. The Balaban J connectivity index is 2.78. The minimum absolute atomic E-state index is 0.00423. The number of benzene rings is 1. The van der Waals surface area contributed by atoms with Gasteiger partial charge in [0, 0.05) is 19.0 Å². The smallest absolute Gasteiger partial charge is 0.305 e. The Labute approximate surface area is 126 Å². The zero-order valence-corrected chi connectivity index (χ0v) is 13.1. The zero-order valence-electron chi connectivity index (χ0n) is 13.1. The molecule has 0 aliphatic carbocycles. The van der Waals surface area contributed by atoms with E-state index >= 15 is 0 Å². The number of aliphatic carboxylic acids is 1. The fourth-order valence-corrected chi connectivity index (χ4v) is 2.37. The molecule has 1 unspecified atom stereocenters. The summed E-state index contributed by atoms with van der Waals surface area (Å²) in [7, 11) is 0. The maximum absolute atomic E-state index is 12.7. The molecule has 1 rings (SSSR count). The molecule has 0 fully saturated rings. The summed E-state index contributed by atoms with van der Waals surface area (Å²) in [5.74, 6) is -0.708. The van der Waals surface area contributed by atoms with Crippen molar-refractivity contribution in [2.24, 2.45) is 11.8 Å². The van der Waals surface area contributed by atoms with E-state index in [0.29, 0.717) is 13.0 Å². The van der Waals surface area contributed by atoms with Gasteiger partial charge in [0.25, 0.3) is 0 Å². The molecule has 0 saturated heterocycles. The van der Waals surface area contributed by atoms with Crippen LogP contribution in [0, 0.1) is 11.8 Å². The molecule has 116 valence electrons. The van der Waals surface area contributed by atoms with Crippen LogP contribution in [0.2, 0.25) is 0 Å². The largest absolute Gasteiger partial charge is 0.481 e. The predicted octanol–water partition coefficient (Wildman–Crippen LogP) is 2.82. The number of carbonyl (C=O) groups excluding carboxylic acids is 1. The van der Waals surface area contributed by atoms with Gasteiger partial charge in [0.1, 0.15) is 0 Å². The van der Waals surface area contributed by atoms with E-state index in [0.717, 1.165) is 5.56 Å². The van der Waals surface area contributed by atoms with Crippen molar-refractivity contribution in [3.05, 3.63) is 35.9 Å². The molecule has 1 amide bonds. The van der Waals surface area contributed by atoms with Gasteiger partial charge in [-0.05, 0) is 24.8 Å². The number of hydrogen-bond donors (Lipinski definition) is 1. The van der Waals surface area contributed by atoms with Crippen LogP contribution >= 0.6 is 0 Å². The van der Waals surface area contributed by atoms with Crippen molar-refractivity contribution in [3.63, 3.8) is 0 Å². The van der Waals surface area contributed by atoms with Crippen LogP contribution < -0.4 is 0 Å². The molecular weight excluding hydrogens is 266 g/mol. The lowest BCUT2D eigenvalue weighted by molar-refractivity contribution is -0.140. The lowest BCUT2D eigenvalue weighted by atomic mass is 9.88. The monoisotopic (exact) mass is 291 g/mol. The van der Waals surface area contributed by atoms with Gasteiger partial charge >= 0.3 is 5.97 Å². The number of nitrogens with zero attached hydrogens (tertiary/aromatic N) is 1. The molecule has 0 saturated carbocycles. The summed E-state index contributed by atoms with van der Waals surface area (Å²) in [6.45, 7) is 6.79. The Hall–Kier alpha value is -1.84. The Morgan fingerprint density at radius 2 is 1.81 bits per heavy atom. The molecule has 0 aliphatic rings. The Bertz CT molecular complexity index is 456. The first-order chi connectivity index (χ1) is 9.95. The summed E-state index contributed by atoms with van der Waals surface area (Å²) in [6.07, 6.45) is 0.691. The van der Waals surface area contributed by atoms with E-state index < -0.39 is 5.97 Å². The number of carbonyl (C=O) groups is 2. The second-order valence-electron chi connectivity index (χ2n) is 5.60. The topological polar surface area (TPSA) is 57.6 Å². The first kappa shape index (κ1) is 17.2. The van der Waals surface area contributed by atoms with Gasteiger partial charge in [0.05, 0.1) is 6.42 Å². The standard InChI is InChI=1S/C17H25NO3/c1-4-18(11-10-16(19)20)17(21)15(13(2)3)12-14-8-6-5-7-9-14/h5-9,13,15H,4,10-12H2,1-3H3,(H,19,20). The molecule has 0 spiro atoms. The van der Waals surface area contributed by atoms with E-state index in [1.54, 1.807) is 4.90 Å². The van der Waals surface area contributed by atoms with Crippen LogP contribution in [-0.2, 0) is 16.0 Å². The van der Waals surface area contributed by atoms with Gasteiger partial charge in [-0.3, -0.25) is 9.59 Å². The van der Waals surface area contributed by atoms with Crippen LogP contribution in [0.15, 0.2) is 30.3 Å². The minimum Gasteiger partial charge on any atom is -0.481 e. The number of carboxylic acid groups (broad SMARTS) is 1. The SMILES string of the molecule is CCN(CCC(=O)O)C(=O)C(Cc1ccccc1)C(C)C. The van der Waals surface area contributed by atoms with Crippen LogP contribution in [0.25, 0.3) is 0 Å². The van der Waals surface area contributed by atoms with Gasteiger partial charge in [-0.25, -0.2) is 0 Å². The Morgan fingerprint density at radius 3 is 2.29 bits per heavy atom. The van der Waals surface area contributed by atoms with Gasteiger partial charge in [0.15, 0.2) is 0 Å². The first-order valence-corrected chi connectivity index (χ1v) is 7.50. The van der Waals surface area contributed by atoms with Crippen molar-refractivity contribution in [3.8, 4) is 0 Å². The van der Waals surface area contributed by atoms with Crippen molar-refractivity contribution in [2.75, 3.05) is 13.1 Å². The molecule has 4 heteroatoms. The van der Waals surface area contributed by atoms with Gasteiger partial charge in [-0.1, -0.05) is 44.2 Å². The third-order valence-electron chi connectivity index (χ3n) is 3.71. The number of rotatable bonds is 8. The van der Waals surface area contributed by atoms with Crippen molar-refractivity contribution < 1.29 is 14.7 Å². The van der Waals surface area contributed by atoms with E-state index in [9.17, 15) is 9.59 Å². The Morgan fingerprint density at radius 1 is 1.19 bits per heavy atom. The highest BCUT2D eigenvalue weighted by Crippen LogP contribution is 2.20. The average molecular weight is 291 g/mol. The highest BCUT2D eigenvalue weighted by atomic mass is 16.4. The Kier molecular flexibility index (Phi) is 6.92. The number of hydrogen-bond acceptors (Lipinski definition) is 2. The molecule has 0 aromatic heterocycles. The summed E-state index contributed by atoms with van der Waals surface area (Å²) in [4.78, 5) is 25.0.